The first kappa shape index (κ1) is 24.0. The zero-order valence-corrected chi connectivity index (χ0v) is 21.4. The Hall–Kier alpha value is -1.12. The molecule has 3 nitrogen and oxygen atoms in total. The summed E-state index contributed by atoms with van der Waals surface area (Å²) in [7, 11) is 0. The molecule has 8 atom stereocenters. The number of hydrogen-bond donors (Lipinski definition) is 0. The fourth-order valence-electron chi connectivity index (χ4n) is 8.73. The third kappa shape index (κ3) is 4.11. The van der Waals surface area contributed by atoms with Crippen LogP contribution in [0.1, 0.15) is 106 Å². The molecule has 4 aliphatic carbocycles. The third-order valence-electron chi connectivity index (χ3n) is 10.4. The zero-order valence-electron chi connectivity index (χ0n) is 21.4. The lowest BCUT2D eigenvalue weighted by Gasteiger charge is -2.57. The van der Waals surface area contributed by atoms with E-state index in [0.717, 1.165) is 37.0 Å². The Balaban J connectivity index is 1.52. The van der Waals surface area contributed by atoms with Crippen molar-refractivity contribution in [2.45, 2.75) is 112 Å². The lowest BCUT2D eigenvalue weighted by atomic mass is 9.46. The molecule has 0 bridgehead atoms. The van der Waals surface area contributed by atoms with E-state index in [1.54, 1.807) is 0 Å². The van der Waals surface area contributed by atoms with Gasteiger partial charge in [0.05, 0.1) is 0 Å². The maximum atomic E-state index is 13.6. The van der Waals surface area contributed by atoms with Crippen LogP contribution in [0.4, 0.5) is 0 Å². The van der Waals surface area contributed by atoms with Crippen molar-refractivity contribution in [1.82, 2.24) is 0 Å². The number of rotatable bonds is 6. The molecule has 32 heavy (non-hydrogen) atoms. The number of allylic oxidation sites excluding steroid dienone is 1. The molecule has 0 aliphatic heterocycles. The van der Waals surface area contributed by atoms with E-state index in [4.69, 9.17) is 4.74 Å². The minimum atomic E-state index is -0.202. The SMILES string of the molecule is CC(=O)O[C@@H]1CC[C@@]2(C)C(=CC(=O)[C@H]3[C@@H]4CC[C@H]([C@H](C)CCCC(C)C)[C@@]4(C)CC[C@@H]32)C1. The summed E-state index contributed by atoms with van der Waals surface area (Å²) in [5.74, 6) is 3.74. The van der Waals surface area contributed by atoms with Crippen molar-refractivity contribution in [3.8, 4) is 0 Å². The van der Waals surface area contributed by atoms with E-state index < -0.39 is 0 Å². The van der Waals surface area contributed by atoms with E-state index in [1.807, 2.05) is 6.08 Å². The third-order valence-corrected chi connectivity index (χ3v) is 10.4. The summed E-state index contributed by atoms with van der Waals surface area (Å²) in [5.41, 5.74) is 1.70. The maximum absolute atomic E-state index is 13.6. The fourth-order valence-corrected chi connectivity index (χ4v) is 8.73. The predicted molar refractivity (Wildman–Crippen MR) is 129 cm³/mol. The predicted octanol–water partition coefficient (Wildman–Crippen LogP) is 7.14. The van der Waals surface area contributed by atoms with Gasteiger partial charge in [-0.25, -0.2) is 0 Å². The second-order valence-electron chi connectivity index (χ2n) is 12.7. The van der Waals surface area contributed by atoms with Crippen LogP contribution in [-0.2, 0) is 14.3 Å². The lowest BCUT2D eigenvalue weighted by Crippen LogP contribution is -2.53. The van der Waals surface area contributed by atoms with Gasteiger partial charge in [-0.15, -0.1) is 0 Å². The molecular weight excluding hydrogens is 396 g/mol. The molecule has 3 saturated carbocycles. The Kier molecular flexibility index (Phi) is 6.69. The molecule has 0 aromatic carbocycles. The molecule has 0 spiro atoms. The molecular formula is C29H46O3. The first-order chi connectivity index (χ1) is 15.1. The van der Waals surface area contributed by atoms with Crippen molar-refractivity contribution in [2.75, 3.05) is 0 Å². The summed E-state index contributed by atoms with van der Waals surface area (Å²) < 4.78 is 5.54. The average Bonchev–Trinajstić information content (AvgIpc) is 3.05. The number of ketones is 1. The molecule has 4 aliphatic rings. The largest absolute Gasteiger partial charge is 0.462 e. The summed E-state index contributed by atoms with van der Waals surface area (Å²) in [6.45, 7) is 13.6. The number of fused-ring (bicyclic) bond motifs is 5. The van der Waals surface area contributed by atoms with Crippen molar-refractivity contribution in [2.24, 2.45) is 46.3 Å². The second-order valence-corrected chi connectivity index (χ2v) is 12.7. The Morgan fingerprint density at radius 3 is 2.50 bits per heavy atom. The molecule has 0 unspecified atom stereocenters. The van der Waals surface area contributed by atoms with Gasteiger partial charge in [-0.05, 0) is 85.0 Å². The van der Waals surface area contributed by atoms with Gasteiger partial charge in [-0.3, -0.25) is 9.59 Å². The first-order valence-electron chi connectivity index (χ1n) is 13.5. The Morgan fingerprint density at radius 2 is 1.81 bits per heavy atom. The van der Waals surface area contributed by atoms with Gasteiger partial charge in [0.15, 0.2) is 5.78 Å². The number of esters is 1. The van der Waals surface area contributed by atoms with Crippen molar-refractivity contribution in [1.29, 1.82) is 0 Å². The summed E-state index contributed by atoms with van der Waals surface area (Å²) in [6, 6.07) is 0. The van der Waals surface area contributed by atoms with Gasteiger partial charge in [0.25, 0.3) is 0 Å². The molecule has 4 rings (SSSR count). The quantitative estimate of drug-likeness (QED) is 0.411. The van der Waals surface area contributed by atoms with Crippen LogP contribution in [0.5, 0.6) is 0 Å². The van der Waals surface area contributed by atoms with Crippen molar-refractivity contribution < 1.29 is 14.3 Å². The minimum Gasteiger partial charge on any atom is -0.462 e. The maximum Gasteiger partial charge on any atom is 0.302 e. The van der Waals surface area contributed by atoms with Crippen molar-refractivity contribution >= 4 is 11.8 Å². The second kappa shape index (κ2) is 8.91. The molecule has 3 fully saturated rings. The molecule has 0 aromatic rings. The van der Waals surface area contributed by atoms with Gasteiger partial charge in [0.2, 0.25) is 0 Å². The number of hydrogen-bond acceptors (Lipinski definition) is 3. The topological polar surface area (TPSA) is 43.4 Å². The van der Waals surface area contributed by atoms with Gasteiger partial charge >= 0.3 is 5.97 Å². The van der Waals surface area contributed by atoms with Crippen LogP contribution < -0.4 is 0 Å². The summed E-state index contributed by atoms with van der Waals surface area (Å²) >= 11 is 0. The van der Waals surface area contributed by atoms with Gasteiger partial charge in [0.1, 0.15) is 6.10 Å². The Morgan fingerprint density at radius 1 is 1.06 bits per heavy atom. The van der Waals surface area contributed by atoms with E-state index in [2.05, 4.69) is 34.6 Å². The summed E-state index contributed by atoms with van der Waals surface area (Å²) in [6.07, 6.45) is 13.7. The zero-order chi connectivity index (χ0) is 23.3. The molecule has 0 aromatic heterocycles. The lowest BCUT2D eigenvalue weighted by molar-refractivity contribution is -0.149. The molecule has 0 saturated heterocycles. The van der Waals surface area contributed by atoms with Crippen LogP contribution in [0.2, 0.25) is 0 Å². The highest BCUT2D eigenvalue weighted by Gasteiger charge is 2.61. The Labute approximate surface area is 196 Å². The first-order valence-corrected chi connectivity index (χ1v) is 13.5. The van der Waals surface area contributed by atoms with Crippen LogP contribution in [0, 0.1) is 46.3 Å². The van der Waals surface area contributed by atoms with Crippen LogP contribution in [0.15, 0.2) is 11.6 Å². The highest BCUT2D eigenvalue weighted by molar-refractivity contribution is 5.94. The molecule has 0 amide bonds. The van der Waals surface area contributed by atoms with Crippen molar-refractivity contribution in [3.05, 3.63) is 11.6 Å². The average molecular weight is 443 g/mol. The Bertz CT molecular complexity index is 766. The standard InChI is InChI=1S/C29H46O3/c1-18(2)8-7-9-19(3)23-10-11-24-27-25(13-15-29(23,24)6)28(5)14-12-22(32-20(4)30)16-21(28)17-26(27)31/h17-19,22-25,27H,7-16H2,1-6H3/t19-,22-,23-,24+,25+,27+,28+,29-/m1/s1. The van der Waals surface area contributed by atoms with E-state index in [-0.39, 0.29) is 23.4 Å². The van der Waals surface area contributed by atoms with E-state index in [9.17, 15) is 9.59 Å². The van der Waals surface area contributed by atoms with Crippen molar-refractivity contribution in [3.63, 3.8) is 0 Å². The number of carbonyl (C=O) groups excluding carboxylic acids is 2. The van der Waals surface area contributed by atoms with Crippen LogP contribution in [0.25, 0.3) is 0 Å². The normalized spacial score (nSPS) is 42.0. The molecule has 3 heteroatoms. The van der Waals surface area contributed by atoms with Crippen LogP contribution in [-0.4, -0.2) is 17.9 Å². The summed E-state index contributed by atoms with van der Waals surface area (Å²) in [5, 5.41) is 0. The molecule has 0 N–H and O–H groups in total. The number of ether oxygens (including phenoxy) is 1. The highest BCUT2D eigenvalue weighted by atomic mass is 16.5. The van der Waals surface area contributed by atoms with Crippen LogP contribution >= 0.6 is 0 Å². The monoisotopic (exact) mass is 442 g/mol. The van der Waals surface area contributed by atoms with Crippen LogP contribution in [0.3, 0.4) is 0 Å². The smallest absolute Gasteiger partial charge is 0.302 e. The van der Waals surface area contributed by atoms with E-state index in [1.165, 1.54) is 57.4 Å². The minimum absolute atomic E-state index is 0.0485. The van der Waals surface area contributed by atoms with Gasteiger partial charge in [-0.2, -0.15) is 0 Å². The molecule has 0 heterocycles. The highest BCUT2D eigenvalue weighted by Crippen LogP contribution is 2.66. The fraction of sp³-hybridized carbons (Fsp3) is 0.862. The van der Waals surface area contributed by atoms with Gasteiger partial charge < -0.3 is 4.74 Å². The van der Waals surface area contributed by atoms with Gasteiger partial charge in [-0.1, -0.05) is 59.5 Å². The summed E-state index contributed by atoms with van der Waals surface area (Å²) in [4.78, 5) is 25.1. The number of carbonyl (C=O) groups is 2. The van der Waals surface area contributed by atoms with Gasteiger partial charge in [0, 0.05) is 19.3 Å². The van der Waals surface area contributed by atoms with E-state index >= 15 is 0 Å². The molecule has 180 valence electrons. The van der Waals surface area contributed by atoms with E-state index in [0.29, 0.717) is 23.0 Å². The molecule has 0 radical (unpaired) electrons.